The van der Waals surface area contributed by atoms with Crippen LogP contribution in [0.2, 0.25) is 0 Å². The number of hydrogen-bond acceptors (Lipinski definition) is 2. The van der Waals surface area contributed by atoms with Crippen molar-refractivity contribution < 1.29 is 4.39 Å². The van der Waals surface area contributed by atoms with Gasteiger partial charge in [0.1, 0.15) is 0 Å². The zero-order valence-electron chi connectivity index (χ0n) is 9.94. The Bertz CT molecular complexity index is 511. The van der Waals surface area contributed by atoms with Crippen LogP contribution < -0.4 is 5.32 Å². The largest absolute Gasteiger partial charge is 0.378 e. The summed E-state index contributed by atoms with van der Waals surface area (Å²) in [6.45, 7) is 4.13. The first-order valence-electron chi connectivity index (χ1n) is 5.60. The van der Waals surface area contributed by atoms with Crippen LogP contribution in [-0.2, 0) is 0 Å². The second-order valence-corrected chi connectivity index (χ2v) is 4.09. The second-order valence-electron chi connectivity index (χ2n) is 4.09. The Kier molecular flexibility index (Phi) is 3.38. The minimum atomic E-state index is -0.466. The maximum atomic E-state index is 12.9. The summed E-state index contributed by atoms with van der Waals surface area (Å²) in [5, 5.41) is 3.26. The number of nitrogens with zero attached hydrogens (tertiary/aromatic N) is 1. The molecule has 0 saturated heterocycles. The molecule has 0 spiro atoms. The van der Waals surface area contributed by atoms with Gasteiger partial charge in [-0.3, -0.25) is 0 Å². The summed E-state index contributed by atoms with van der Waals surface area (Å²) in [6, 6.07) is 11.5. The molecule has 2 aromatic rings. The Labute approximate surface area is 101 Å². The van der Waals surface area contributed by atoms with Crippen LogP contribution in [0, 0.1) is 12.9 Å². The Hall–Kier alpha value is -1.90. The molecule has 0 aliphatic carbocycles. The highest BCUT2D eigenvalue weighted by Gasteiger charge is 2.07. The first kappa shape index (κ1) is 11.6. The van der Waals surface area contributed by atoms with E-state index in [0.717, 1.165) is 5.69 Å². The van der Waals surface area contributed by atoms with E-state index in [-0.39, 0.29) is 6.04 Å². The smallest absolute Gasteiger partial charge is 0.214 e. The lowest BCUT2D eigenvalue weighted by Gasteiger charge is -2.17. The fraction of sp³-hybridized carbons (Fsp3) is 0.214. The van der Waals surface area contributed by atoms with Crippen LogP contribution in [-0.4, -0.2) is 4.98 Å². The third-order valence-electron chi connectivity index (χ3n) is 2.76. The molecule has 1 heterocycles. The van der Waals surface area contributed by atoms with Gasteiger partial charge in [-0.1, -0.05) is 24.3 Å². The summed E-state index contributed by atoms with van der Waals surface area (Å²) >= 11 is 0. The number of anilines is 1. The molecule has 88 valence electrons. The van der Waals surface area contributed by atoms with Crippen LogP contribution in [0.15, 0.2) is 42.6 Å². The number of aromatic nitrogens is 1. The first-order chi connectivity index (χ1) is 8.16. The lowest BCUT2D eigenvalue weighted by atomic mass is 10.0. The van der Waals surface area contributed by atoms with Crippen LogP contribution in [0.1, 0.15) is 24.1 Å². The summed E-state index contributed by atoms with van der Waals surface area (Å²) < 4.78 is 12.9. The van der Waals surface area contributed by atoms with Crippen molar-refractivity contribution in [2.75, 3.05) is 5.32 Å². The van der Waals surface area contributed by atoms with Crippen LogP contribution in [0.3, 0.4) is 0 Å². The predicted molar refractivity (Wildman–Crippen MR) is 67.4 cm³/mol. The molecule has 0 saturated carbocycles. The highest BCUT2D eigenvalue weighted by atomic mass is 19.1. The quantitative estimate of drug-likeness (QED) is 0.813. The number of aryl methyl sites for hydroxylation is 1. The molecule has 0 bridgehead atoms. The molecule has 0 fully saturated rings. The Morgan fingerprint density at radius 3 is 2.71 bits per heavy atom. The Balaban J connectivity index is 2.17. The van der Waals surface area contributed by atoms with Crippen molar-refractivity contribution in [2.24, 2.45) is 0 Å². The van der Waals surface area contributed by atoms with Gasteiger partial charge in [0.05, 0.1) is 0 Å². The van der Waals surface area contributed by atoms with Gasteiger partial charge in [-0.2, -0.15) is 4.39 Å². The van der Waals surface area contributed by atoms with Gasteiger partial charge >= 0.3 is 0 Å². The third kappa shape index (κ3) is 2.81. The first-order valence-corrected chi connectivity index (χ1v) is 5.60. The Morgan fingerprint density at radius 2 is 2.00 bits per heavy atom. The van der Waals surface area contributed by atoms with Crippen molar-refractivity contribution >= 4 is 5.69 Å². The van der Waals surface area contributed by atoms with E-state index in [1.165, 1.54) is 23.4 Å². The third-order valence-corrected chi connectivity index (χ3v) is 2.76. The molecule has 1 atom stereocenters. The van der Waals surface area contributed by atoms with E-state index in [4.69, 9.17) is 0 Å². The summed E-state index contributed by atoms with van der Waals surface area (Å²) in [6.07, 6.45) is 1.46. The van der Waals surface area contributed by atoms with Crippen molar-refractivity contribution in [3.8, 4) is 0 Å². The number of halogens is 1. The van der Waals surface area contributed by atoms with E-state index >= 15 is 0 Å². The molecule has 3 heteroatoms. The van der Waals surface area contributed by atoms with Crippen LogP contribution >= 0.6 is 0 Å². The fourth-order valence-electron chi connectivity index (χ4n) is 1.89. The van der Waals surface area contributed by atoms with E-state index < -0.39 is 5.95 Å². The molecule has 1 aromatic carbocycles. The summed E-state index contributed by atoms with van der Waals surface area (Å²) in [7, 11) is 0. The molecule has 17 heavy (non-hydrogen) atoms. The van der Waals surface area contributed by atoms with E-state index in [0.29, 0.717) is 0 Å². The number of pyridine rings is 1. The van der Waals surface area contributed by atoms with Gasteiger partial charge in [0.15, 0.2) is 0 Å². The van der Waals surface area contributed by atoms with Crippen LogP contribution in [0.5, 0.6) is 0 Å². The highest BCUT2D eigenvalue weighted by Crippen LogP contribution is 2.21. The number of rotatable bonds is 3. The van der Waals surface area contributed by atoms with Gasteiger partial charge in [-0.15, -0.1) is 0 Å². The number of benzene rings is 1. The molecule has 0 aliphatic heterocycles. The molecule has 1 unspecified atom stereocenters. The molecule has 0 radical (unpaired) electrons. The van der Waals surface area contributed by atoms with Gasteiger partial charge < -0.3 is 5.32 Å². The average Bonchev–Trinajstić information content (AvgIpc) is 2.29. The van der Waals surface area contributed by atoms with Crippen molar-refractivity contribution in [1.29, 1.82) is 0 Å². The van der Waals surface area contributed by atoms with Crippen molar-refractivity contribution in [1.82, 2.24) is 4.98 Å². The number of nitrogens with one attached hydrogen (secondary N) is 1. The van der Waals surface area contributed by atoms with E-state index in [2.05, 4.69) is 36.3 Å². The molecule has 1 N–H and O–H groups in total. The lowest BCUT2D eigenvalue weighted by molar-refractivity contribution is 0.584. The van der Waals surface area contributed by atoms with Gasteiger partial charge in [-0.25, -0.2) is 4.98 Å². The van der Waals surface area contributed by atoms with Crippen molar-refractivity contribution in [3.05, 3.63) is 59.7 Å². The predicted octanol–water partition coefficient (Wildman–Crippen LogP) is 3.70. The highest BCUT2D eigenvalue weighted by molar-refractivity contribution is 5.45. The van der Waals surface area contributed by atoms with Crippen molar-refractivity contribution in [2.45, 2.75) is 19.9 Å². The van der Waals surface area contributed by atoms with E-state index in [1.54, 1.807) is 6.07 Å². The maximum absolute atomic E-state index is 12.9. The minimum Gasteiger partial charge on any atom is -0.378 e. The van der Waals surface area contributed by atoms with E-state index in [9.17, 15) is 4.39 Å². The zero-order valence-corrected chi connectivity index (χ0v) is 9.94. The summed E-state index contributed by atoms with van der Waals surface area (Å²) in [5.41, 5.74) is 3.18. The zero-order chi connectivity index (χ0) is 12.3. The average molecular weight is 230 g/mol. The maximum Gasteiger partial charge on any atom is 0.214 e. The molecular formula is C14H15FN2. The van der Waals surface area contributed by atoms with Crippen LogP contribution in [0.4, 0.5) is 10.1 Å². The van der Waals surface area contributed by atoms with Gasteiger partial charge in [0, 0.05) is 24.0 Å². The van der Waals surface area contributed by atoms with Crippen molar-refractivity contribution in [3.63, 3.8) is 0 Å². The summed E-state index contributed by atoms with van der Waals surface area (Å²) in [4.78, 5) is 3.53. The molecular weight excluding hydrogens is 215 g/mol. The van der Waals surface area contributed by atoms with Gasteiger partial charge in [0.25, 0.3) is 0 Å². The molecule has 0 aliphatic rings. The normalized spacial score (nSPS) is 12.2. The van der Waals surface area contributed by atoms with Gasteiger partial charge in [-0.05, 0) is 31.0 Å². The second kappa shape index (κ2) is 4.95. The molecule has 1 aromatic heterocycles. The minimum absolute atomic E-state index is 0.137. The fourth-order valence-corrected chi connectivity index (χ4v) is 1.89. The van der Waals surface area contributed by atoms with Crippen LogP contribution in [0.25, 0.3) is 0 Å². The molecule has 2 nitrogen and oxygen atoms in total. The molecule has 2 rings (SSSR count). The monoisotopic (exact) mass is 230 g/mol. The Morgan fingerprint density at radius 1 is 1.24 bits per heavy atom. The molecule has 0 amide bonds. The SMILES string of the molecule is Cc1ccccc1C(C)Nc1ccnc(F)c1. The van der Waals surface area contributed by atoms with E-state index in [1.807, 2.05) is 12.1 Å². The van der Waals surface area contributed by atoms with Gasteiger partial charge in [0.2, 0.25) is 5.95 Å². The lowest BCUT2D eigenvalue weighted by Crippen LogP contribution is -2.08. The topological polar surface area (TPSA) is 24.9 Å². The summed E-state index contributed by atoms with van der Waals surface area (Å²) in [5.74, 6) is -0.466. The number of hydrogen-bond donors (Lipinski definition) is 1. The standard InChI is InChI=1S/C14H15FN2/c1-10-5-3-4-6-13(10)11(2)17-12-7-8-16-14(15)9-12/h3-9,11H,1-2H3,(H,16,17).